The van der Waals surface area contributed by atoms with Crippen LogP contribution in [-0.4, -0.2) is 23.4 Å². The minimum Gasteiger partial charge on any atom is -0.497 e. The second kappa shape index (κ2) is 6.87. The molecule has 2 heterocycles. The van der Waals surface area contributed by atoms with Crippen LogP contribution in [0.3, 0.4) is 0 Å². The van der Waals surface area contributed by atoms with Gasteiger partial charge in [0.25, 0.3) is 0 Å². The highest BCUT2D eigenvalue weighted by Gasteiger charge is 2.22. The normalized spacial score (nSPS) is 12.7. The number of aryl methyl sites for hydroxylation is 4. The Morgan fingerprint density at radius 1 is 1.04 bits per heavy atom. The predicted octanol–water partition coefficient (Wildman–Crippen LogP) is 4.25. The summed E-state index contributed by atoms with van der Waals surface area (Å²) in [7, 11) is 1.70. The van der Waals surface area contributed by atoms with E-state index < -0.39 is 0 Å². The number of aromatic nitrogens is 2. The van der Waals surface area contributed by atoms with Gasteiger partial charge >= 0.3 is 0 Å². The molecule has 0 atom stereocenters. The van der Waals surface area contributed by atoms with Crippen molar-refractivity contribution in [1.82, 2.24) is 9.78 Å². The highest BCUT2D eigenvalue weighted by Crippen LogP contribution is 2.30. The average Bonchev–Trinajstić information content (AvgIpc) is 3.26. The molecule has 1 aliphatic heterocycles. The fourth-order valence-electron chi connectivity index (χ4n) is 3.55. The molecule has 2 aromatic carbocycles. The van der Waals surface area contributed by atoms with Gasteiger partial charge in [0.15, 0.2) is 0 Å². The number of nitrogens with zero attached hydrogens (tertiary/aromatic N) is 2. The summed E-state index contributed by atoms with van der Waals surface area (Å²) in [5, 5.41) is 8.47. The zero-order valence-corrected chi connectivity index (χ0v) is 15.7. The van der Waals surface area contributed by atoms with Gasteiger partial charge < -0.3 is 10.1 Å². The molecule has 0 bridgehead atoms. The summed E-state index contributed by atoms with van der Waals surface area (Å²) in [6, 6.07) is 14.9. The molecule has 0 aliphatic carbocycles. The van der Waals surface area contributed by atoms with Crippen LogP contribution in [0.25, 0.3) is 5.69 Å². The third-order valence-electron chi connectivity index (χ3n) is 5.28. The van der Waals surface area contributed by atoms with Crippen molar-refractivity contribution in [3.8, 4) is 11.4 Å². The van der Waals surface area contributed by atoms with Crippen LogP contribution >= 0.6 is 0 Å². The number of fused-ring (bicyclic) bond motifs is 1. The van der Waals surface area contributed by atoms with Crippen LogP contribution in [0, 0.1) is 13.8 Å². The van der Waals surface area contributed by atoms with Crippen molar-refractivity contribution >= 4 is 5.82 Å². The molecule has 0 fully saturated rings. The van der Waals surface area contributed by atoms with E-state index in [1.54, 1.807) is 7.11 Å². The van der Waals surface area contributed by atoms with E-state index in [9.17, 15) is 0 Å². The Morgan fingerprint density at radius 3 is 2.58 bits per heavy atom. The lowest BCUT2D eigenvalue weighted by Crippen LogP contribution is -2.06. The predicted molar refractivity (Wildman–Crippen MR) is 106 cm³/mol. The first-order valence-electron chi connectivity index (χ1n) is 9.21. The molecule has 0 radical (unpaired) electrons. The maximum absolute atomic E-state index is 5.24. The van der Waals surface area contributed by atoms with Crippen LogP contribution in [-0.2, 0) is 19.3 Å². The third-order valence-corrected chi connectivity index (χ3v) is 5.28. The van der Waals surface area contributed by atoms with E-state index in [1.807, 2.05) is 12.1 Å². The van der Waals surface area contributed by atoms with Gasteiger partial charge in [0.05, 0.1) is 18.5 Å². The first-order valence-corrected chi connectivity index (χ1v) is 9.21. The molecule has 0 unspecified atom stereocenters. The van der Waals surface area contributed by atoms with Gasteiger partial charge in [-0.15, -0.1) is 0 Å². The molecule has 0 saturated carbocycles. The molecule has 0 amide bonds. The fraction of sp³-hybridized carbons (Fsp3) is 0.318. The first kappa shape index (κ1) is 16.7. The molecule has 4 rings (SSSR count). The molecule has 1 aliphatic rings. The second-order valence-corrected chi connectivity index (χ2v) is 6.98. The van der Waals surface area contributed by atoms with Crippen LogP contribution in [0.2, 0.25) is 0 Å². The van der Waals surface area contributed by atoms with E-state index in [1.165, 1.54) is 27.9 Å². The Morgan fingerprint density at radius 2 is 1.85 bits per heavy atom. The van der Waals surface area contributed by atoms with E-state index in [0.29, 0.717) is 0 Å². The van der Waals surface area contributed by atoms with Gasteiger partial charge in [0, 0.05) is 12.1 Å². The second-order valence-electron chi connectivity index (χ2n) is 6.98. The van der Waals surface area contributed by atoms with Crippen molar-refractivity contribution in [2.75, 3.05) is 19.0 Å². The lowest BCUT2D eigenvalue weighted by molar-refractivity contribution is 0.414. The lowest BCUT2D eigenvalue weighted by Gasteiger charge is -2.09. The molecule has 0 saturated heterocycles. The fourth-order valence-corrected chi connectivity index (χ4v) is 3.55. The summed E-state index contributed by atoms with van der Waals surface area (Å²) >= 11 is 0. The van der Waals surface area contributed by atoms with E-state index in [4.69, 9.17) is 9.84 Å². The topological polar surface area (TPSA) is 39.1 Å². The number of hydrogen-bond donors (Lipinski definition) is 1. The summed E-state index contributed by atoms with van der Waals surface area (Å²) in [4.78, 5) is 0. The van der Waals surface area contributed by atoms with Crippen molar-refractivity contribution in [3.63, 3.8) is 0 Å². The van der Waals surface area contributed by atoms with Crippen LogP contribution in [0.1, 0.15) is 27.9 Å². The monoisotopic (exact) mass is 347 g/mol. The summed E-state index contributed by atoms with van der Waals surface area (Å²) in [6.07, 6.45) is 2.99. The van der Waals surface area contributed by atoms with Gasteiger partial charge in [0.1, 0.15) is 11.6 Å². The maximum atomic E-state index is 5.24. The molecule has 1 aromatic heterocycles. The van der Waals surface area contributed by atoms with E-state index in [2.05, 4.69) is 54.2 Å². The summed E-state index contributed by atoms with van der Waals surface area (Å²) < 4.78 is 7.32. The Hall–Kier alpha value is -2.75. The van der Waals surface area contributed by atoms with Crippen molar-refractivity contribution in [1.29, 1.82) is 0 Å². The zero-order chi connectivity index (χ0) is 18.1. The first-order chi connectivity index (χ1) is 12.7. The Balaban J connectivity index is 1.60. The van der Waals surface area contributed by atoms with E-state index >= 15 is 0 Å². The quantitative estimate of drug-likeness (QED) is 0.750. The summed E-state index contributed by atoms with van der Waals surface area (Å²) in [6.45, 7) is 5.29. The van der Waals surface area contributed by atoms with Gasteiger partial charge in [0.2, 0.25) is 0 Å². The van der Waals surface area contributed by atoms with Crippen LogP contribution in [0.4, 0.5) is 5.82 Å². The number of ether oxygens (including phenoxy) is 1. The summed E-state index contributed by atoms with van der Waals surface area (Å²) in [5.41, 5.74) is 7.63. The smallest absolute Gasteiger partial charge is 0.133 e. The molecule has 0 spiro atoms. The van der Waals surface area contributed by atoms with Crippen molar-refractivity contribution in [3.05, 3.63) is 70.4 Å². The molecule has 134 valence electrons. The number of hydrogen-bond acceptors (Lipinski definition) is 3. The number of methoxy groups -OCH3 is 1. The van der Waals surface area contributed by atoms with Crippen LogP contribution in [0.15, 0.2) is 42.5 Å². The van der Waals surface area contributed by atoms with Gasteiger partial charge in [-0.1, -0.05) is 18.2 Å². The lowest BCUT2D eigenvalue weighted by atomic mass is 10.1. The minimum atomic E-state index is 0.901. The van der Waals surface area contributed by atoms with Gasteiger partial charge in [-0.25, -0.2) is 4.68 Å². The van der Waals surface area contributed by atoms with Gasteiger partial charge in [-0.3, -0.25) is 0 Å². The SMILES string of the molecule is COc1ccc(CCc2nn(-c3ccc(C)c(C)c3)c3c2CCN3)cc1. The third kappa shape index (κ3) is 3.07. The van der Waals surface area contributed by atoms with Crippen molar-refractivity contribution in [2.45, 2.75) is 33.1 Å². The van der Waals surface area contributed by atoms with E-state index in [0.717, 1.165) is 43.1 Å². The maximum Gasteiger partial charge on any atom is 0.133 e. The Labute approximate surface area is 154 Å². The molecular weight excluding hydrogens is 322 g/mol. The van der Waals surface area contributed by atoms with Gasteiger partial charge in [-0.2, -0.15) is 5.10 Å². The van der Waals surface area contributed by atoms with Crippen LogP contribution in [0.5, 0.6) is 5.75 Å². The minimum absolute atomic E-state index is 0.901. The van der Waals surface area contributed by atoms with Crippen LogP contribution < -0.4 is 10.1 Å². The average molecular weight is 347 g/mol. The van der Waals surface area contributed by atoms with Crippen molar-refractivity contribution in [2.24, 2.45) is 0 Å². The number of benzene rings is 2. The molecular formula is C22H25N3O. The Bertz CT molecular complexity index is 925. The highest BCUT2D eigenvalue weighted by atomic mass is 16.5. The zero-order valence-electron chi connectivity index (χ0n) is 15.7. The van der Waals surface area contributed by atoms with Crippen molar-refractivity contribution < 1.29 is 4.74 Å². The largest absolute Gasteiger partial charge is 0.497 e. The molecule has 3 aromatic rings. The number of anilines is 1. The highest BCUT2D eigenvalue weighted by molar-refractivity contribution is 5.57. The molecule has 4 heteroatoms. The standard InChI is InChI=1S/C22H25N3O/c1-15-4-8-18(14-16(15)2)25-22-20(12-13-23-22)21(24-25)11-7-17-5-9-19(26-3)10-6-17/h4-6,8-10,14,23H,7,11-13H2,1-3H3. The summed E-state index contributed by atoms with van der Waals surface area (Å²) in [5.74, 6) is 2.07. The molecule has 26 heavy (non-hydrogen) atoms. The van der Waals surface area contributed by atoms with E-state index in [-0.39, 0.29) is 0 Å². The Kier molecular flexibility index (Phi) is 4.41. The number of nitrogens with one attached hydrogen (secondary N) is 1. The van der Waals surface area contributed by atoms with Gasteiger partial charge in [-0.05, 0) is 74.1 Å². The number of rotatable bonds is 5. The molecule has 4 nitrogen and oxygen atoms in total. The molecule has 1 N–H and O–H groups in total.